The third kappa shape index (κ3) is 4.86. The van der Waals surface area contributed by atoms with Crippen LogP contribution in [0.2, 0.25) is 0 Å². The second-order valence-corrected chi connectivity index (χ2v) is 4.64. The minimum atomic E-state index is -1.48. The molecule has 6 heteroatoms. The fourth-order valence-corrected chi connectivity index (χ4v) is 1.17. The molecule has 92 valence electrons. The Balaban J connectivity index is 4.72. The zero-order chi connectivity index (χ0) is 12.9. The van der Waals surface area contributed by atoms with Gasteiger partial charge in [0.05, 0.1) is 0 Å². The fraction of sp³-hybridized carbons (Fsp3) is 0.800. The molecule has 0 aliphatic carbocycles. The van der Waals surface area contributed by atoms with E-state index < -0.39 is 28.5 Å². The summed E-state index contributed by atoms with van der Waals surface area (Å²) < 4.78 is 4.93. The minimum absolute atomic E-state index is 0.0368. The molecular formula is C10H17NO5. The van der Waals surface area contributed by atoms with Crippen LogP contribution in [-0.4, -0.2) is 28.8 Å². The Hall–Kier alpha value is -1.46. The average Bonchev–Trinajstić information content (AvgIpc) is 1.99. The number of carbonyl (C=O) groups is 2. The summed E-state index contributed by atoms with van der Waals surface area (Å²) in [6, 6.07) is -1.48. The van der Waals surface area contributed by atoms with Crippen molar-refractivity contribution < 1.29 is 19.2 Å². The van der Waals surface area contributed by atoms with E-state index in [1.54, 1.807) is 20.8 Å². The van der Waals surface area contributed by atoms with Crippen LogP contribution >= 0.6 is 0 Å². The van der Waals surface area contributed by atoms with Crippen molar-refractivity contribution in [3.05, 3.63) is 10.1 Å². The van der Waals surface area contributed by atoms with E-state index >= 15 is 0 Å². The summed E-state index contributed by atoms with van der Waals surface area (Å²) in [5, 5.41) is 10.7. The summed E-state index contributed by atoms with van der Waals surface area (Å²) in [4.78, 5) is 31.8. The number of carbonyl (C=O) groups excluding carboxylic acids is 2. The maximum Gasteiger partial charge on any atom is 0.382 e. The molecule has 0 N–H and O–H groups in total. The molecule has 6 nitrogen and oxygen atoms in total. The highest BCUT2D eigenvalue weighted by molar-refractivity contribution is 5.75. The lowest BCUT2D eigenvalue weighted by Crippen LogP contribution is -2.40. The minimum Gasteiger partial charge on any atom is -0.455 e. The first kappa shape index (κ1) is 14.5. The topological polar surface area (TPSA) is 86.5 Å². The molecule has 0 bridgehead atoms. The van der Waals surface area contributed by atoms with Gasteiger partial charge < -0.3 is 9.53 Å². The number of nitro groups is 1. The van der Waals surface area contributed by atoms with Crippen molar-refractivity contribution in [2.75, 3.05) is 0 Å². The zero-order valence-electron chi connectivity index (χ0n) is 9.93. The Bertz CT molecular complexity index is 281. The van der Waals surface area contributed by atoms with Crippen molar-refractivity contribution in [3.8, 4) is 0 Å². The van der Waals surface area contributed by atoms with Crippen LogP contribution in [-0.2, 0) is 14.3 Å². The van der Waals surface area contributed by atoms with Crippen LogP contribution in [0.1, 0.15) is 34.1 Å². The van der Waals surface area contributed by atoms with Gasteiger partial charge in [-0.2, -0.15) is 0 Å². The van der Waals surface area contributed by atoms with Crippen molar-refractivity contribution in [1.82, 2.24) is 0 Å². The second-order valence-electron chi connectivity index (χ2n) is 4.64. The fourth-order valence-electron chi connectivity index (χ4n) is 1.17. The number of hydrogen-bond donors (Lipinski definition) is 0. The molecule has 0 aromatic rings. The lowest BCUT2D eigenvalue weighted by atomic mass is 9.99. The summed E-state index contributed by atoms with van der Waals surface area (Å²) in [5.41, 5.74) is -0.772. The number of aldehydes is 1. The van der Waals surface area contributed by atoms with Crippen LogP contribution in [0.25, 0.3) is 0 Å². The Morgan fingerprint density at radius 3 is 2.31 bits per heavy atom. The quantitative estimate of drug-likeness (QED) is 0.307. The summed E-state index contributed by atoms with van der Waals surface area (Å²) in [6.45, 7) is 6.37. The predicted molar refractivity (Wildman–Crippen MR) is 56.5 cm³/mol. The van der Waals surface area contributed by atoms with Crippen LogP contribution in [0.4, 0.5) is 0 Å². The van der Waals surface area contributed by atoms with Gasteiger partial charge in [0.15, 0.2) is 0 Å². The van der Waals surface area contributed by atoms with E-state index in [1.165, 1.54) is 6.92 Å². The normalized spacial score (nSPS) is 15.0. The Morgan fingerprint density at radius 1 is 1.50 bits per heavy atom. The van der Waals surface area contributed by atoms with Crippen molar-refractivity contribution in [1.29, 1.82) is 0 Å². The van der Waals surface area contributed by atoms with Gasteiger partial charge in [0.25, 0.3) is 0 Å². The number of ether oxygens (including phenoxy) is 1. The molecule has 0 aromatic carbocycles. The number of hydrogen-bond acceptors (Lipinski definition) is 5. The second kappa shape index (κ2) is 5.58. The van der Waals surface area contributed by atoms with E-state index in [1.807, 2.05) is 0 Å². The zero-order valence-corrected chi connectivity index (χ0v) is 9.93. The van der Waals surface area contributed by atoms with Crippen molar-refractivity contribution in [2.45, 2.75) is 45.8 Å². The van der Waals surface area contributed by atoms with Crippen LogP contribution in [0, 0.1) is 16.0 Å². The molecule has 0 spiro atoms. The molecule has 1 unspecified atom stereocenters. The van der Waals surface area contributed by atoms with Gasteiger partial charge in [-0.05, 0) is 20.8 Å². The lowest BCUT2D eigenvalue weighted by Gasteiger charge is -2.22. The van der Waals surface area contributed by atoms with Crippen LogP contribution in [0.3, 0.4) is 0 Å². The van der Waals surface area contributed by atoms with E-state index in [0.717, 1.165) is 0 Å². The van der Waals surface area contributed by atoms with Gasteiger partial charge in [-0.15, -0.1) is 0 Å². The summed E-state index contributed by atoms with van der Waals surface area (Å²) in [5.74, 6) is -1.56. The molecule has 0 aromatic heterocycles. The molecule has 2 atom stereocenters. The molecule has 0 fully saturated rings. The number of esters is 1. The van der Waals surface area contributed by atoms with Crippen molar-refractivity contribution >= 4 is 12.3 Å². The smallest absolute Gasteiger partial charge is 0.382 e. The lowest BCUT2D eigenvalue weighted by molar-refractivity contribution is -0.519. The van der Waals surface area contributed by atoms with E-state index in [9.17, 15) is 19.7 Å². The SMILES string of the molecule is C[C@H](CC=O)C(C(=O)OC(C)(C)C)[N+](=O)[O-]. The highest BCUT2D eigenvalue weighted by Gasteiger charge is 2.39. The molecule has 16 heavy (non-hydrogen) atoms. The molecule has 0 aliphatic heterocycles. The molecule has 0 heterocycles. The molecule has 0 saturated heterocycles. The van der Waals surface area contributed by atoms with Crippen LogP contribution < -0.4 is 0 Å². The number of rotatable bonds is 5. The number of nitrogens with zero attached hydrogens (tertiary/aromatic N) is 1. The van der Waals surface area contributed by atoms with Gasteiger partial charge in [0.1, 0.15) is 11.9 Å². The van der Waals surface area contributed by atoms with E-state index in [-0.39, 0.29) is 6.42 Å². The average molecular weight is 231 g/mol. The van der Waals surface area contributed by atoms with Crippen LogP contribution in [0.15, 0.2) is 0 Å². The molecule has 0 saturated carbocycles. The van der Waals surface area contributed by atoms with Gasteiger partial charge >= 0.3 is 12.0 Å². The van der Waals surface area contributed by atoms with Crippen LogP contribution in [0.5, 0.6) is 0 Å². The van der Waals surface area contributed by atoms with E-state index in [0.29, 0.717) is 6.29 Å². The van der Waals surface area contributed by atoms with Gasteiger partial charge in [-0.25, -0.2) is 4.79 Å². The molecule has 0 rings (SSSR count). The van der Waals surface area contributed by atoms with E-state index in [2.05, 4.69) is 0 Å². The monoisotopic (exact) mass is 231 g/mol. The Kier molecular flexibility index (Phi) is 5.07. The Labute approximate surface area is 94.1 Å². The standard InChI is InChI=1S/C10H17NO5/c1-7(5-6-12)8(11(14)15)9(13)16-10(2,3)4/h6-8H,5H2,1-4H3/t7-,8?/m1/s1. The molecule has 0 amide bonds. The first-order chi connectivity index (χ1) is 7.19. The maximum absolute atomic E-state index is 11.5. The van der Waals surface area contributed by atoms with Crippen molar-refractivity contribution in [3.63, 3.8) is 0 Å². The third-order valence-corrected chi connectivity index (χ3v) is 1.88. The van der Waals surface area contributed by atoms with E-state index in [4.69, 9.17) is 4.74 Å². The van der Waals surface area contributed by atoms with Gasteiger partial charge in [0.2, 0.25) is 0 Å². The predicted octanol–water partition coefficient (Wildman–Crippen LogP) is 1.20. The third-order valence-electron chi connectivity index (χ3n) is 1.88. The summed E-state index contributed by atoms with van der Waals surface area (Å²) in [7, 11) is 0. The molecule has 0 radical (unpaired) electrons. The maximum atomic E-state index is 11.5. The summed E-state index contributed by atoms with van der Waals surface area (Å²) in [6.07, 6.45) is 0.524. The molecular weight excluding hydrogens is 214 g/mol. The highest BCUT2D eigenvalue weighted by Crippen LogP contribution is 2.16. The van der Waals surface area contributed by atoms with Gasteiger partial charge in [0, 0.05) is 17.3 Å². The molecule has 0 aliphatic rings. The van der Waals surface area contributed by atoms with Crippen molar-refractivity contribution in [2.24, 2.45) is 5.92 Å². The summed E-state index contributed by atoms with van der Waals surface area (Å²) >= 11 is 0. The van der Waals surface area contributed by atoms with Gasteiger partial charge in [-0.3, -0.25) is 10.1 Å². The first-order valence-corrected chi connectivity index (χ1v) is 4.99. The Morgan fingerprint density at radius 2 is 2.00 bits per heavy atom. The highest BCUT2D eigenvalue weighted by atomic mass is 16.6. The largest absolute Gasteiger partial charge is 0.455 e. The first-order valence-electron chi connectivity index (χ1n) is 4.99. The van der Waals surface area contributed by atoms with Gasteiger partial charge in [-0.1, -0.05) is 6.92 Å².